The summed E-state index contributed by atoms with van der Waals surface area (Å²) in [5.74, 6) is 0. The molecule has 0 N–H and O–H groups in total. The van der Waals surface area contributed by atoms with E-state index in [0.29, 0.717) is 0 Å². The highest BCUT2D eigenvalue weighted by Gasteiger charge is 2.49. The van der Waals surface area contributed by atoms with Gasteiger partial charge in [0.25, 0.3) is 6.71 Å². The van der Waals surface area contributed by atoms with Gasteiger partial charge < -0.3 is 14.4 Å². The van der Waals surface area contributed by atoms with Crippen LogP contribution in [-0.4, -0.2) is 35.5 Å². The molecule has 3 nitrogen and oxygen atoms in total. The first-order valence-corrected chi connectivity index (χ1v) is 41.8. The fraction of sp³-hybridized carbons (Fsp3) is 0. The van der Waals surface area contributed by atoms with Gasteiger partial charge in [0, 0.05) is 44.9 Å². The van der Waals surface area contributed by atoms with Gasteiger partial charge in [-0.2, -0.15) is 0 Å². The van der Waals surface area contributed by atoms with Gasteiger partial charge in [-0.05, 0) is 139 Å². The topological polar surface area (TPSA) is 11.4 Å². The number of aromatic nitrogens is 1. The molecule has 19 rings (SSSR count). The Morgan fingerprint density at radius 2 is 0.456 bits per heavy atom. The van der Waals surface area contributed by atoms with Gasteiger partial charge in [0.2, 0.25) is 0 Å². The summed E-state index contributed by atoms with van der Waals surface area (Å²) in [5, 5.41) is 18.3. The lowest BCUT2D eigenvalue weighted by Crippen LogP contribution is -2.78. The van der Waals surface area contributed by atoms with Crippen molar-refractivity contribution < 1.29 is 0 Å². The van der Waals surface area contributed by atoms with E-state index in [1.54, 1.807) is 0 Å². The highest BCUT2D eigenvalue weighted by molar-refractivity contribution is 7.22. The summed E-state index contributed by atoms with van der Waals surface area (Å²) in [6.07, 6.45) is 0. The maximum Gasteiger partial charge on any atom is 0.252 e. The van der Waals surface area contributed by atoms with Crippen LogP contribution in [0.5, 0.6) is 0 Å². The van der Waals surface area contributed by atoms with Crippen LogP contribution in [0.1, 0.15) is 0 Å². The van der Waals surface area contributed by atoms with Crippen LogP contribution in [-0.2, 0) is 0 Å². The Hall–Kier alpha value is -12.4. The predicted molar refractivity (Wildman–Crippen MR) is 446 cm³/mol. The molecular weight excluding hydrogens is 1290 g/mol. The van der Waals surface area contributed by atoms with Crippen LogP contribution >= 0.6 is 0 Å². The van der Waals surface area contributed by atoms with Crippen LogP contribution in [0.15, 0.2) is 425 Å². The van der Waals surface area contributed by atoms with Gasteiger partial charge in [0.05, 0.1) is 16.7 Å². The molecule has 2 aliphatic heterocycles. The molecule has 0 saturated heterocycles. The number of hydrogen-bond donors (Lipinski definition) is 0. The third kappa shape index (κ3) is 9.76. The lowest BCUT2D eigenvalue weighted by atomic mass is 9.33. The smallest absolute Gasteiger partial charge is 0.252 e. The molecule has 484 valence electrons. The number of anilines is 6. The van der Waals surface area contributed by atoms with Crippen LogP contribution in [0.3, 0.4) is 0 Å². The van der Waals surface area contributed by atoms with Gasteiger partial charge in [0.1, 0.15) is 0 Å². The molecule has 0 aliphatic carbocycles. The molecule has 0 fully saturated rings. The average Bonchev–Trinajstić information content (AvgIpc) is 1.22. The van der Waals surface area contributed by atoms with Crippen molar-refractivity contribution in [3.05, 3.63) is 425 Å². The van der Waals surface area contributed by atoms with Crippen LogP contribution in [0.4, 0.5) is 34.1 Å². The number of benzene rings is 16. The van der Waals surface area contributed by atoms with Crippen LogP contribution in [0.2, 0.25) is 0 Å². The zero-order chi connectivity index (χ0) is 68.3. The summed E-state index contributed by atoms with van der Waals surface area (Å²) < 4.78 is 2.54. The maximum absolute atomic E-state index is 3.34. The lowest BCUT2D eigenvalue weighted by Gasteiger charge is -2.45. The van der Waals surface area contributed by atoms with Crippen molar-refractivity contribution in [1.29, 1.82) is 0 Å². The molecule has 1 aromatic heterocycles. The second kappa shape index (κ2) is 25.7. The molecule has 7 heteroatoms. The first-order valence-electron chi connectivity index (χ1n) is 35.8. The fourth-order valence-electron chi connectivity index (χ4n) is 18.0. The molecule has 16 aromatic carbocycles. The first-order chi connectivity index (χ1) is 51.1. The van der Waals surface area contributed by atoms with Gasteiger partial charge in [-0.25, -0.2) is 0 Å². The normalized spacial score (nSPS) is 12.6. The van der Waals surface area contributed by atoms with Crippen molar-refractivity contribution in [3.63, 3.8) is 0 Å². The summed E-state index contributed by atoms with van der Waals surface area (Å²) in [5.41, 5.74) is 14.0. The largest absolute Gasteiger partial charge is 0.311 e. The molecule has 103 heavy (non-hydrogen) atoms. The van der Waals surface area contributed by atoms with E-state index < -0.39 is 24.2 Å². The summed E-state index contributed by atoms with van der Waals surface area (Å²) in [4.78, 5) is 5.34. The summed E-state index contributed by atoms with van der Waals surface area (Å²) in [6, 6.07) is 162. The van der Waals surface area contributed by atoms with E-state index in [9.17, 15) is 0 Å². The Kier molecular flexibility index (Phi) is 15.4. The second-order valence-corrected chi connectivity index (χ2v) is 38.8. The molecule has 0 spiro atoms. The van der Waals surface area contributed by atoms with Gasteiger partial charge in [0.15, 0.2) is 24.2 Å². The van der Waals surface area contributed by atoms with E-state index in [-0.39, 0.29) is 6.71 Å². The zero-order valence-electron chi connectivity index (χ0n) is 56.8. The zero-order valence-corrected chi connectivity index (χ0v) is 59.8. The van der Waals surface area contributed by atoms with Crippen molar-refractivity contribution >= 4 is 165 Å². The Morgan fingerprint density at radius 1 is 0.184 bits per heavy atom. The highest BCUT2D eigenvalue weighted by atomic mass is 28.3. The average molecular weight is 1360 g/mol. The van der Waals surface area contributed by atoms with Crippen molar-refractivity contribution in [2.45, 2.75) is 0 Å². The van der Waals surface area contributed by atoms with Crippen molar-refractivity contribution in [3.8, 4) is 5.69 Å². The summed E-state index contributed by atoms with van der Waals surface area (Å²) >= 11 is 0. The molecule has 2 aliphatic rings. The molecule has 3 heterocycles. The highest BCUT2D eigenvalue weighted by Crippen LogP contribution is 2.46. The van der Waals surface area contributed by atoms with Crippen LogP contribution in [0, 0.1) is 0 Å². The number of nitrogens with zero attached hydrogens (tertiary/aromatic N) is 3. The van der Waals surface area contributed by atoms with Gasteiger partial charge in [-0.1, -0.05) is 364 Å². The van der Waals surface area contributed by atoms with E-state index in [1.807, 2.05) is 0 Å². The number of para-hydroxylation sites is 4. The number of rotatable bonds is 15. The summed E-state index contributed by atoms with van der Waals surface area (Å²) in [7, 11) is -9.71. The molecule has 0 bridgehead atoms. The fourth-order valence-corrected chi connectivity index (χ4v) is 32.6. The maximum atomic E-state index is 2.70. The summed E-state index contributed by atoms with van der Waals surface area (Å²) in [6.45, 7) is -0.146. The standard InChI is InChI=1S/C96H70BN3Si3/c1-10-38-74(39-11-1)101(75-40-12-2-13-41-75,76-42-14-3-15-43-76)83-56-36-37-71(65-83)98-92-63-34-30-59-88(92)97-89-60-31-35-64-93(89)100(95-69-73(68-94(98)96(95)97)99-90-61-32-28-57-86(90)87-58-29-33-62-91(87)99)72-66-84(102(77-44-16-4-17-45-77,78-46-18-5-19-47-78)79-48-20-6-21-49-79)70-85(67-72)103(80-50-22-7-23-51-80,81-52-24-8-25-53-81)82-54-26-9-27-55-82/h1-70H. The molecule has 0 saturated carbocycles. The molecule has 17 aromatic rings. The lowest BCUT2D eigenvalue weighted by molar-refractivity contribution is 1.16. The minimum absolute atomic E-state index is 0.146. The number of hydrogen-bond acceptors (Lipinski definition) is 2. The third-order valence-corrected chi connectivity index (χ3v) is 36.4. The molecule has 0 unspecified atom stereocenters. The van der Waals surface area contributed by atoms with Crippen molar-refractivity contribution in [1.82, 2.24) is 4.57 Å². The minimum Gasteiger partial charge on any atom is -0.311 e. The van der Waals surface area contributed by atoms with E-state index in [4.69, 9.17) is 0 Å². The first kappa shape index (κ1) is 61.7. The Bertz CT molecular complexity index is 5460. The van der Waals surface area contributed by atoms with E-state index in [2.05, 4.69) is 439 Å². The minimum atomic E-state index is -3.34. The SMILES string of the molecule is c1ccc([Si](c2ccccc2)(c2ccccc2)c2cccc(N3c4ccccc4B4c5ccccc5N(c5cc([Si](c6ccccc6)(c6ccccc6)c6ccccc6)cc([Si](c6ccccc6)(c6ccccc6)c6ccccc6)c5)c5cc(-n6c7ccccc7c7ccccc76)cc3c54)c2)cc1. The predicted octanol–water partition coefficient (Wildman–Crippen LogP) is 13.0. The van der Waals surface area contributed by atoms with Gasteiger partial charge >= 0.3 is 0 Å². The second-order valence-electron chi connectivity index (χ2n) is 27.4. The van der Waals surface area contributed by atoms with Crippen molar-refractivity contribution in [2.75, 3.05) is 9.80 Å². The molecular formula is C96H70BN3Si3. The Labute approximate surface area is 605 Å². The molecule has 0 atom stereocenters. The van der Waals surface area contributed by atoms with Crippen LogP contribution in [0.25, 0.3) is 27.5 Å². The Balaban J connectivity index is 0.971. The number of fused-ring (bicyclic) bond motifs is 7. The monoisotopic (exact) mass is 1360 g/mol. The Morgan fingerprint density at radius 3 is 0.806 bits per heavy atom. The van der Waals surface area contributed by atoms with Gasteiger partial charge in [-0.15, -0.1) is 0 Å². The van der Waals surface area contributed by atoms with Gasteiger partial charge in [-0.3, -0.25) is 0 Å². The van der Waals surface area contributed by atoms with E-state index in [0.717, 1.165) is 50.8 Å². The van der Waals surface area contributed by atoms with Crippen molar-refractivity contribution in [2.24, 2.45) is 0 Å². The molecule has 0 radical (unpaired) electrons. The quantitative estimate of drug-likeness (QED) is 0.0749. The van der Waals surface area contributed by atoms with E-state index in [1.165, 1.54) is 89.4 Å². The third-order valence-electron chi connectivity index (χ3n) is 22.1. The van der Waals surface area contributed by atoms with E-state index >= 15 is 0 Å². The van der Waals surface area contributed by atoms with Crippen LogP contribution < -0.4 is 88.4 Å². The molecule has 0 amide bonds.